The molecule has 3 heteroatoms. The fourth-order valence-electron chi connectivity index (χ4n) is 1.92. The molecule has 1 aromatic carbocycles. The lowest BCUT2D eigenvalue weighted by atomic mass is 10.1. The van der Waals surface area contributed by atoms with Crippen LogP contribution in [0.3, 0.4) is 0 Å². The van der Waals surface area contributed by atoms with Gasteiger partial charge in [0.1, 0.15) is 0 Å². The van der Waals surface area contributed by atoms with Gasteiger partial charge in [0.2, 0.25) is 0 Å². The first-order valence-corrected chi connectivity index (χ1v) is 6.60. The number of hydrogen-bond donors (Lipinski definition) is 1. The number of esters is 1. The second kappa shape index (κ2) is 7.88. The summed E-state index contributed by atoms with van der Waals surface area (Å²) in [5, 5.41) is 3.49. The molecule has 0 bridgehead atoms. The summed E-state index contributed by atoms with van der Waals surface area (Å²) in [6.07, 6.45) is 1.28. The van der Waals surface area contributed by atoms with E-state index in [2.05, 4.69) is 31.3 Å². The number of nitrogens with one attached hydrogen (secondary N) is 1. The van der Waals surface area contributed by atoms with Gasteiger partial charge in [-0.15, -0.1) is 0 Å². The maximum Gasteiger partial charge on any atom is 0.305 e. The minimum atomic E-state index is -0.112. The summed E-state index contributed by atoms with van der Waals surface area (Å²) >= 11 is 0. The summed E-state index contributed by atoms with van der Waals surface area (Å²) in [6.45, 7) is 6.52. The monoisotopic (exact) mass is 249 g/mol. The van der Waals surface area contributed by atoms with Crippen LogP contribution in [0, 0.1) is 0 Å². The molecule has 0 aliphatic heterocycles. The quantitative estimate of drug-likeness (QED) is 0.755. The first-order valence-electron chi connectivity index (χ1n) is 6.60. The van der Waals surface area contributed by atoms with Crippen LogP contribution in [0.15, 0.2) is 30.3 Å². The molecule has 3 nitrogen and oxygen atoms in total. The third-order valence-electron chi connectivity index (χ3n) is 2.92. The summed E-state index contributed by atoms with van der Waals surface area (Å²) in [5.74, 6) is -0.112. The molecule has 0 saturated carbocycles. The van der Waals surface area contributed by atoms with Crippen LogP contribution in [-0.4, -0.2) is 18.6 Å². The molecule has 1 aromatic rings. The maximum atomic E-state index is 11.3. The largest absolute Gasteiger partial charge is 0.466 e. The number of carbonyl (C=O) groups is 1. The maximum absolute atomic E-state index is 11.3. The van der Waals surface area contributed by atoms with E-state index in [1.54, 1.807) is 0 Å². The van der Waals surface area contributed by atoms with E-state index < -0.39 is 0 Å². The van der Waals surface area contributed by atoms with Crippen molar-refractivity contribution in [2.45, 2.75) is 45.7 Å². The van der Waals surface area contributed by atoms with Crippen LogP contribution < -0.4 is 5.32 Å². The van der Waals surface area contributed by atoms with Crippen LogP contribution in [0.4, 0.5) is 0 Å². The molecular formula is C15H23NO2. The fraction of sp³-hybridized carbons (Fsp3) is 0.533. The van der Waals surface area contributed by atoms with Crippen molar-refractivity contribution in [3.8, 4) is 0 Å². The lowest BCUT2D eigenvalue weighted by Gasteiger charge is -2.20. The Morgan fingerprint density at radius 2 is 1.94 bits per heavy atom. The second-order valence-corrected chi connectivity index (χ2v) is 4.54. The summed E-state index contributed by atoms with van der Waals surface area (Å²) in [5.41, 5.74) is 1.26. The Kier molecular flexibility index (Phi) is 6.44. The van der Waals surface area contributed by atoms with Crippen LogP contribution in [0.1, 0.15) is 45.2 Å². The standard InChI is InChI=1S/C15H23NO2/c1-4-18-15(17)11-10-12(2)16-13(3)14-8-6-5-7-9-14/h5-9,12-13,16H,4,10-11H2,1-3H3/t12?,13-/m0/s1. The number of carbonyl (C=O) groups excluding carboxylic acids is 1. The molecule has 0 saturated heterocycles. The summed E-state index contributed by atoms with van der Waals surface area (Å²) < 4.78 is 4.92. The Hall–Kier alpha value is -1.35. The van der Waals surface area contributed by atoms with Crippen molar-refractivity contribution in [1.29, 1.82) is 0 Å². The molecule has 18 heavy (non-hydrogen) atoms. The highest BCUT2D eigenvalue weighted by Crippen LogP contribution is 2.13. The molecule has 0 spiro atoms. The van der Waals surface area contributed by atoms with Crippen LogP contribution in [0.2, 0.25) is 0 Å². The molecule has 1 N–H and O–H groups in total. The summed E-state index contributed by atoms with van der Waals surface area (Å²) in [7, 11) is 0. The first-order chi connectivity index (χ1) is 8.63. The van der Waals surface area contributed by atoms with E-state index in [1.807, 2.05) is 25.1 Å². The number of hydrogen-bond acceptors (Lipinski definition) is 3. The van der Waals surface area contributed by atoms with Crippen LogP contribution in [0.5, 0.6) is 0 Å². The van der Waals surface area contributed by atoms with E-state index in [4.69, 9.17) is 4.74 Å². The highest BCUT2D eigenvalue weighted by atomic mass is 16.5. The average molecular weight is 249 g/mol. The topological polar surface area (TPSA) is 38.3 Å². The van der Waals surface area contributed by atoms with Gasteiger partial charge in [0.05, 0.1) is 6.61 Å². The van der Waals surface area contributed by atoms with E-state index in [0.717, 1.165) is 6.42 Å². The summed E-state index contributed by atoms with van der Waals surface area (Å²) in [6, 6.07) is 10.9. The van der Waals surface area contributed by atoms with Crippen molar-refractivity contribution < 1.29 is 9.53 Å². The van der Waals surface area contributed by atoms with Crippen molar-refractivity contribution in [1.82, 2.24) is 5.32 Å². The second-order valence-electron chi connectivity index (χ2n) is 4.54. The molecule has 1 unspecified atom stereocenters. The van der Waals surface area contributed by atoms with Crippen LogP contribution in [-0.2, 0) is 9.53 Å². The minimum absolute atomic E-state index is 0.112. The zero-order chi connectivity index (χ0) is 13.4. The van der Waals surface area contributed by atoms with Gasteiger partial charge < -0.3 is 10.1 Å². The van der Waals surface area contributed by atoms with Gasteiger partial charge in [-0.1, -0.05) is 30.3 Å². The number of ether oxygens (including phenoxy) is 1. The zero-order valence-corrected chi connectivity index (χ0v) is 11.5. The minimum Gasteiger partial charge on any atom is -0.466 e. The van der Waals surface area contributed by atoms with Gasteiger partial charge in [0.25, 0.3) is 0 Å². The first kappa shape index (κ1) is 14.7. The Bertz CT molecular complexity index is 351. The highest BCUT2D eigenvalue weighted by molar-refractivity contribution is 5.69. The Labute approximate surface area is 110 Å². The lowest BCUT2D eigenvalue weighted by molar-refractivity contribution is -0.143. The smallest absolute Gasteiger partial charge is 0.305 e. The van der Waals surface area contributed by atoms with Gasteiger partial charge in [0, 0.05) is 18.5 Å². The molecular weight excluding hydrogens is 226 g/mol. The van der Waals surface area contributed by atoms with Gasteiger partial charge in [-0.3, -0.25) is 4.79 Å². The normalized spacial score (nSPS) is 13.9. The van der Waals surface area contributed by atoms with Gasteiger partial charge in [-0.05, 0) is 32.8 Å². The van der Waals surface area contributed by atoms with Crippen LogP contribution >= 0.6 is 0 Å². The van der Waals surface area contributed by atoms with Gasteiger partial charge in [-0.2, -0.15) is 0 Å². The van der Waals surface area contributed by atoms with Gasteiger partial charge >= 0.3 is 5.97 Å². The fourth-order valence-corrected chi connectivity index (χ4v) is 1.92. The molecule has 0 amide bonds. The molecule has 1 rings (SSSR count). The predicted molar refractivity (Wildman–Crippen MR) is 73.3 cm³/mol. The predicted octanol–water partition coefficient (Wildman–Crippen LogP) is 3.07. The van der Waals surface area contributed by atoms with E-state index >= 15 is 0 Å². The van der Waals surface area contributed by atoms with Crippen molar-refractivity contribution in [3.63, 3.8) is 0 Å². The van der Waals surface area contributed by atoms with Gasteiger partial charge in [-0.25, -0.2) is 0 Å². The Balaban J connectivity index is 2.32. The Morgan fingerprint density at radius 3 is 2.56 bits per heavy atom. The van der Waals surface area contributed by atoms with Gasteiger partial charge in [0.15, 0.2) is 0 Å². The Morgan fingerprint density at radius 1 is 1.28 bits per heavy atom. The summed E-state index contributed by atoms with van der Waals surface area (Å²) in [4.78, 5) is 11.3. The number of rotatable bonds is 7. The lowest BCUT2D eigenvalue weighted by Crippen LogP contribution is -2.29. The van der Waals surface area contributed by atoms with E-state index in [9.17, 15) is 4.79 Å². The van der Waals surface area contributed by atoms with Crippen LogP contribution in [0.25, 0.3) is 0 Å². The highest BCUT2D eigenvalue weighted by Gasteiger charge is 2.11. The molecule has 0 aliphatic carbocycles. The van der Waals surface area contributed by atoms with E-state index in [-0.39, 0.29) is 5.97 Å². The molecule has 0 fully saturated rings. The average Bonchev–Trinajstić information content (AvgIpc) is 2.38. The zero-order valence-electron chi connectivity index (χ0n) is 11.5. The van der Waals surface area contributed by atoms with E-state index in [0.29, 0.717) is 25.1 Å². The van der Waals surface area contributed by atoms with Crippen molar-refractivity contribution in [2.24, 2.45) is 0 Å². The van der Waals surface area contributed by atoms with Crippen molar-refractivity contribution >= 4 is 5.97 Å². The number of benzene rings is 1. The van der Waals surface area contributed by atoms with Crippen molar-refractivity contribution in [3.05, 3.63) is 35.9 Å². The molecule has 0 heterocycles. The molecule has 0 radical (unpaired) electrons. The molecule has 100 valence electrons. The molecule has 2 atom stereocenters. The van der Waals surface area contributed by atoms with Crippen molar-refractivity contribution in [2.75, 3.05) is 6.61 Å². The SMILES string of the molecule is CCOC(=O)CCC(C)N[C@@H](C)c1ccccc1. The third-order valence-corrected chi connectivity index (χ3v) is 2.92. The molecule has 0 aliphatic rings. The van der Waals surface area contributed by atoms with E-state index in [1.165, 1.54) is 5.56 Å². The molecule has 0 aromatic heterocycles. The third kappa shape index (κ3) is 5.32.